The third-order valence-electron chi connectivity index (χ3n) is 3.67. The second kappa shape index (κ2) is 6.91. The SMILES string of the molecule is Cc1cc(N(C)C[C@H]2CCN(C(=O)OC(C)(C)C)C2)nc(Cl)n1. The second-order valence-electron chi connectivity index (χ2n) is 7.10. The third kappa shape index (κ3) is 5.23. The van der Waals surface area contributed by atoms with E-state index in [0.717, 1.165) is 31.0 Å². The number of aromatic nitrogens is 2. The van der Waals surface area contributed by atoms with Crippen LogP contribution >= 0.6 is 11.6 Å². The lowest BCUT2D eigenvalue weighted by Gasteiger charge is -2.25. The zero-order valence-corrected chi connectivity index (χ0v) is 15.2. The molecule has 2 rings (SSSR count). The fraction of sp³-hybridized carbons (Fsp3) is 0.688. The van der Waals surface area contributed by atoms with Crippen LogP contribution in [0.15, 0.2) is 6.07 Å². The number of halogens is 1. The summed E-state index contributed by atoms with van der Waals surface area (Å²) in [5.74, 6) is 1.19. The highest BCUT2D eigenvalue weighted by molar-refractivity contribution is 6.28. The number of likely N-dealkylation sites (tertiary alicyclic amines) is 1. The molecule has 1 amide bonds. The molecule has 0 N–H and O–H groups in total. The number of carbonyl (C=O) groups is 1. The van der Waals surface area contributed by atoms with E-state index in [2.05, 4.69) is 14.9 Å². The molecule has 1 aromatic heterocycles. The summed E-state index contributed by atoms with van der Waals surface area (Å²) < 4.78 is 5.43. The van der Waals surface area contributed by atoms with E-state index in [1.807, 2.05) is 40.8 Å². The molecule has 0 saturated carbocycles. The number of hydrogen-bond donors (Lipinski definition) is 0. The molecule has 1 aliphatic rings. The Balaban J connectivity index is 1.91. The van der Waals surface area contributed by atoms with Gasteiger partial charge in [-0.3, -0.25) is 0 Å². The lowest BCUT2D eigenvalue weighted by Crippen LogP contribution is -2.36. The number of anilines is 1. The van der Waals surface area contributed by atoms with E-state index < -0.39 is 5.60 Å². The fourth-order valence-corrected chi connectivity index (χ4v) is 2.89. The van der Waals surface area contributed by atoms with Gasteiger partial charge in [-0.15, -0.1) is 0 Å². The molecule has 128 valence electrons. The Hall–Kier alpha value is -1.56. The van der Waals surface area contributed by atoms with E-state index in [1.165, 1.54) is 0 Å². The first-order valence-corrected chi connectivity index (χ1v) is 8.22. The molecule has 1 fully saturated rings. The Bertz CT molecular complexity index is 553. The van der Waals surface area contributed by atoms with Gasteiger partial charge in [-0.2, -0.15) is 0 Å². The predicted octanol–water partition coefficient (Wildman–Crippen LogP) is 3.13. The van der Waals surface area contributed by atoms with Gasteiger partial charge in [-0.05, 0) is 51.6 Å². The summed E-state index contributed by atoms with van der Waals surface area (Å²) in [6, 6.07) is 1.91. The van der Waals surface area contributed by atoms with Crippen molar-refractivity contribution in [3.63, 3.8) is 0 Å². The summed E-state index contributed by atoms with van der Waals surface area (Å²) in [6.07, 6.45) is 0.727. The summed E-state index contributed by atoms with van der Waals surface area (Å²) in [5, 5.41) is 0.258. The predicted molar refractivity (Wildman–Crippen MR) is 91.0 cm³/mol. The molecular formula is C16H25ClN4O2. The smallest absolute Gasteiger partial charge is 0.410 e. The van der Waals surface area contributed by atoms with Crippen LogP contribution in [0.1, 0.15) is 32.9 Å². The van der Waals surface area contributed by atoms with Crippen molar-refractivity contribution in [2.24, 2.45) is 5.92 Å². The van der Waals surface area contributed by atoms with Crippen molar-refractivity contribution >= 4 is 23.5 Å². The molecule has 7 heteroatoms. The van der Waals surface area contributed by atoms with Gasteiger partial charge in [0.05, 0.1) is 0 Å². The molecule has 0 spiro atoms. The van der Waals surface area contributed by atoms with Crippen LogP contribution in [0.4, 0.5) is 10.6 Å². The van der Waals surface area contributed by atoms with Crippen LogP contribution < -0.4 is 4.90 Å². The van der Waals surface area contributed by atoms with Crippen molar-refractivity contribution in [2.45, 2.75) is 39.7 Å². The molecule has 23 heavy (non-hydrogen) atoms. The third-order valence-corrected chi connectivity index (χ3v) is 3.84. The van der Waals surface area contributed by atoms with E-state index >= 15 is 0 Å². The number of rotatable bonds is 3. The summed E-state index contributed by atoms with van der Waals surface area (Å²) in [7, 11) is 1.98. The summed E-state index contributed by atoms with van der Waals surface area (Å²) in [4.78, 5) is 24.3. The summed E-state index contributed by atoms with van der Waals surface area (Å²) in [5.41, 5.74) is 0.384. The van der Waals surface area contributed by atoms with Crippen molar-refractivity contribution in [3.8, 4) is 0 Å². The minimum Gasteiger partial charge on any atom is -0.444 e. The van der Waals surface area contributed by atoms with E-state index in [1.54, 1.807) is 4.90 Å². The van der Waals surface area contributed by atoms with E-state index in [0.29, 0.717) is 12.5 Å². The zero-order valence-electron chi connectivity index (χ0n) is 14.5. The Kier molecular flexibility index (Phi) is 5.34. The number of carbonyl (C=O) groups excluding carboxylic acids is 1. The summed E-state index contributed by atoms with van der Waals surface area (Å²) >= 11 is 5.92. The Morgan fingerprint density at radius 2 is 2.17 bits per heavy atom. The first-order valence-electron chi connectivity index (χ1n) is 7.84. The average molecular weight is 341 g/mol. The van der Waals surface area contributed by atoms with Gasteiger partial charge < -0.3 is 14.5 Å². The van der Waals surface area contributed by atoms with Crippen LogP contribution in [-0.4, -0.2) is 53.2 Å². The van der Waals surface area contributed by atoms with Crippen molar-refractivity contribution in [2.75, 3.05) is 31.6 Å². The van der Waals surface area contributed by atoms with Gasteiger partial charge in [0.15, 0.2) is 0 Å². The van der Waals surface area contributed by atoms with E-state index in [-0.39, 0.29) is 11.4 Å². The number of nitrogens with zero attached hydrogens (tertiary/aromatic N) is 4. The number of amides is 1. The lowest BCUT2D eigenvalue weighted by molar-refractivity contribution is 0.0288. The molecular weight excluding hydrogens is 316 g/mol. The van der Waals surface area contributed by atoms with Gasteiger partial charge in [0.25, 0.3) is 0 Å². The molecule has 1 aliphatic heterocycles. The van der Waals surface area contributed by atoms with Gasteiger partial charge in [0.2, 0.25) is 5.28 Å². The molecule has 1 aromatic rings. The maximum atomic E-state index is 12.1. The highest BCUT2D eigenvalue weighted by atomic mass is 35.5. The van der Waals surface area contributed by atoms with Crippen LogP contribution in [0.3, 0.4) is 0 Å². The zero-order chi connectivity index (χ0) is 17.2. The van der Waals surface area contributed by atoms with Crippen LogP contribution in [0, 0.1) is 12.8 Å². The van der Waals surface area contributed by atoms with Crippen molar-refractivity contribution < 1.29 is 9.53 Å². The molecule has 0 radical (unpaired) electrons. The highest BCUT2D eigenvalue weighted by Crippen LogP contribution is 2.22. The van der Waals surface area contributed by atoms with Gasteiger partial charge in [-0.25, -0.2) is 14.8 Å². The molecule has 6 nitrogen and oxygen atoms in total. The largest absolute Gasteiger partial charge is 0.444 e. The standard InChI is InChI=1S/C16H25ClN4O2/c1-11-8-13(19-14(17)18-11)20(5)9-12-6-7-21(10-12)15(22)23-16(2,3)4/h8,12H,6-7,9-10H2,1-5H3/t12-/m1/s1. The number of aryl methyl sites for hydroxylation is 1. The number of ether oxygens (including phenoxy) is 1. The van der Waals surface area contributed by atoms with Gasteiger partial charge in [0, 0.05) is 38.4 Å². The van der Waals surface area contributed by atoms with E-state index in [4.69, 9.17) is 16.3 Å². The van der Waals surface area contributed by atoms with Crippen molar-refractivity contribution in [3.05, 3.63) is 17.0 Å². The Morgan fingerprint density at radius 3 is 2.78 bits per heavy atom. The number of hydrogen-bond acceptors (Lipinski definition) is 5. The van der Waals surface area contributed by atoms with Crippen molar-refractivity contribution in [1.82, 2.24) is 14.9 Å². The first kappa shape index (κ1) is 17.8. The molecule has 1 atom stereocenters. The molecule has 0 aliphatic carbocycles. The quantitative estimate of drug-likeness (QED) is 0.791. The first-order chi connectivity index (χ1) is 10.6. The second-order valence-corrected chi connectivity index (χ2v) is 7.44. The van der Waals surface area contributed by atoms with Gasteiger partial charge in [-0.1, -0.05) is 0 Å². The molecule has 0 aromatic carbocycles. The summed E-state index contributed by atoms with van der Waals surface area (Å²) in [6.45, 7) is 9.79. The molecule has 0 unspecified atom stereocenters. The lowest BCUT2D eigenvalue weighted by atomic mass is 10.1. The minimum absolute atomic E-state index is 0.233. The normalized spacial score (nSPS) is 18.2. The van der Waals surface area contributed by atoms with Crippen molar-refractivity contribution in [1.29, 1.82) is 0 Å². The van der Waals surface area contributed by atoms with E-state index in [9.17, 15) is 4.79 Å². The van der Waals surface area contributed by atoms with Crippen LogP contribution in [0.5, 0.6) is 0 Å². The maximum absolute atomic E-state index is 12.1. The van der Waals surface area contributed by atoms with Crippen LogP contribution in [0.2, 0.25) is 5.28 Å². The fourth-order valence-electron chi connectivity index (χ4n) is 2.67. The maximum Gasteiger partial charge on any atom is 0.410 e. The molecule has 0 bridgehead atoms. The molecule has 2 heterocycles. The van der Waals surface area contributed by atoms with Crippen LogP contribution in [-0.2, 0) is 4.74 Å². The molecule has 1 saturated heterocycles. The average Bonchev–Trinajstić information content (AvgIpc) is 2.84. The van der Waals surface area contributed by atoms with Crippen LogP contribution in [0.25, 0.3) is 0 Å². The Labute approximate surface area is 142 Å². The van der Waals surface area contributed by atoms with Gasteiger partial charge in [0.1, 0.15) is 11.4 Å². The highest BCUT2D eigenvalue weighted by Gasteiger charge is 2.30. The Morgan fingerprint density at radius 1 is 1.48 bits per heavy atom. The minimum atomic E-state index is -0.457. The van der Waals surface area contributed by atoms with Gasteiger partial charge >= 0.3 is 6.09 Å². The monoisotopic (exact) mass is 340 g/mol. The topological polar surface area (TPSA) is 58.6 Å².